The highest BCUT2D eigenvalue weighted by atomic mass is 16.1. The van der Waals surface area contributed by atoms with Crippen LogP contribution in [0.1, 0.15) is 38.6 Å². The topological polar surface area (TPSA) is 85.8 Å². The van der Waals surface area contributed by atoms with E-state index in [2.05, 4.69) is 15.5 Å². The van der Waals surface area contributed by atoms with E-state index in [0.717, 1.165) is 12.2 Å². The molecule has 0 saturated heterocycles. The van der Waals surface area contributed by atoms with E-state index in [0.29, 0.717) is 6.42 Å². The molecule has 1 rings (SSSR count). The first-order chi connectivity index (χ1) is 7.54. The van der Waals surface area contributed by atoms with Crippen LogP contribution in [-0.4, -0.2) is 26.7 Å². The van der Waals surface area contributed by atoms with Crippen molar-refractivity contribution in [2.75, 3.05) is 0 Å². The van der Waals surface area contributed by atoms with Crippen molar-refractivity contribution in [1.29, 1.82) is 0 Å². The Morgan fingerprint density at radius 2 is 2.38 bits per heavy atom. The van der Waals surface area contributed by atoms with Crippen molar-refractivity contribution in [2.45, 2.75) is 38.8 Å². The molecule has 0 saturated carbocycles. The van der Waals surface area contributed by atoms with Crippen molar-refractivity contribution in [3.8, 4) is 0 Å². The molecule has 6 heteroatoms. The number of amides is 1. The van der Waals surface area contributed by atoms with E-state index in [4.69, 9.17) is 5.73 Å². The third-order valence-electron chi connectivity index (χ3n) is 2.48. The zero-order valence-corrected chi connectivity index (χ0v) is 9.97. The molecule has 0 radical (unpaired) electrons. The first-order valence-corrected chi connectivity index (χ1v) is 5.43. The van der Waals surface area contributed by atoms with Crippen LogP contribution in [0, 0.1) is 0 Å². The molecule has 1 amide bonds. The quantitative estimate of drug-likeness (QED) is 0.745. The maximum absolute atomic E-state index is 11.6. The molecule has 2 atom stereocenters. The molecule has 1 heterocycles. The van der Waals surface area contributed by atoms with Crippen molar-refractivity contribution in [3.05, 3.63) is 12.2 Å². The van der Waals surface area contributed by atoms with Crippen molar-refractivity contribution in [1.82, 2.24) is 20.1 Å². The molecule has 6 nitrogen and oxygen atoms in total. The van der Waals surface area contributed by atoms with Gasteiger partial charge in [0.1, 0.15) is 6.33 Å². The van der Waals surface area contributed by atoms with Gasteiger partial charge in [-0.25, -0.2) is 0 Å². The van der Waals surface area contributed by atoms with Crippen LogP contribution >= 0.6 is 0 Å². The van der Waals surface area contributed by atoms with Crippen molar-refractivity contribution in [2.24, 2.45) is 12.8 Å². The average Bonchev–Trinajstić information content (AvgIpc) is 2.63. The lowest BCUT2D eigenvalue weighted by Crippen LogP contribution is -2.33. The van der Waals surface area contributed by atoms with Crippen LogP contribution in [0.2, 0.25) is 0 Å². The Balaban J connectivity index is 2.49. The van der Waals surface area contributed by atoms with Crippen molar-refractivity contribution >= 4 is 5.91 Å². The minimum Gasteiger partial charge on any atom is -0.346 e. The maximum Gasteiger partial charge on any atom is 0.222 e. The van der Waals surface area contributed by atoms with Gasteiger partial charge in [0.05, 0.1) is 6.04 Å². The van der Waals surface area contributed by atoms with Crippen LogP contribution in [0.4, 0.5) is 0 Å². The standard InChI is InChI=1S/C10H19N5O/c1-4-8(11)5-9(16)13-7(2)10-14-12-6-15(10)3/h6-8H,4-5,11H2,1-3H3,(H,13,16). The number of nitrogens with zero attached hydrogens (tertiary/aromatic N) is 3. The van der Waals surface area contributed by atoms with Gasteiger partial charge in [0.2, 0.25) is 5.91 Å². The Kier molecular flexibility index (Phi) is 4.42. The van der Waals surface area contributed by atoms with Crippen LogP contribution in [0.25, 0.3) is 0 Å². The van der Waals surface area contributed by atoms with Gasteiger partial charge in [0.25, 0.3) is 0 Å². The van der Waals surface area contributed by atoms with E-state index in [1.165, 1.54) is 0 Å². The van der Waals surface area contributed by atoms with E-state index in [9.17, 15) is 4.79 Å². The molecule has 2 unspecified atom stereocenters. The Morgan fingerprint density at radius 1 is 1.69 bits per heavy atom. The molecule has 0 aromatic carbocycles. The fourth-order valence-electron chi connectivity index (χ4n) is 1.43. The minimum atomic E-state index is -0.149. The van der Waals surface area contributed by atoms with Gasteiger partial charge in [0.15, 0.2) is 5.82 Å². The maximum atomic E-state index is 11.6. The molecule has 0 bridgehead atoms. The number of carbonyl (C=O) groups excluding carboxylic acids is 1. The number of rotatable bonds is 5. The second-order valence-electron chi connectivity index (χ2n) is 3.96. The molecule has 16 heavy (non-hydrogen) atoms. The first kappa shape index (κ1) is 12.6. The molecule has 0 aliphatic heterocycles. The van der Waals surface area contributed by atoms with E-state index >= 15 is 0 Å². The van der Waals surface area contributed by atoms with Gasteiger partial charge >= 0.3 is 0 Å². The van der Waals surface area contributed by atoms with E-state index < -0.39 is 0 Å². The molecule has 90 valence electrons. The van der Waals surface area contributed by atoms with Crippen LogP contribution < -0.4 is 11.1 Å². The molecule has 0 fully saturated rings. The van der Waals surface area contributed by atoms with Gasteiger partial charge in [-0.05, 0) is 13.3 Å². The molecular formula is C10H19N5O. The summed E-state index contributed by atoms with van der Waals surface area (Å²) in [4.78, 5) is 11.6. The second-order valence-corrected chi connectivity index (χ2v) is 3.96. The largest absolute Gasteiger partial charge is 0.346 e. The minimum absolute atomic E-state index is 0.0511. The lowest BCUT2D eigenvalue weighted by atomic mass is 10.1. The normalized spacial score (nSPS) is 14.5. The third kappa shape index (κ3) is 3.30. The van der Waals surface area contributed by atoms with E-state index in [1.54, 1.807) is 10.9 Å². The zero-order valence-electron chi connectivity index (χ0n) is 9.97. The zero-order chi connectivity index (χ0) is 12.1. The summed E-state index contributed by atoms with van der Waals surface area (Å²) in [6.45, 7) is 3.84. The van der Waals surface area contributed by atoms with Crippen LogP contribution in [-0.2, 0) is 11.8 Å². The number of carbonyl (C=O) groups is 1. The number of hydrogen-bond donors (Lipinski definition) is 2. The van der Waals surface area contributed by atoms with Gasteiger partial charge in [-0.3, -0.25) is 4.79 Å². The highest BCUT2D eigenvalue weighted by Gasteiger charge is 2.15. The Bertz CT molecular complexity index is 349. The summed E-state index contributed by atoms with van der Waals surface area (Å²) >= 11 is 0. The molecule has 1 aromatic rings. The fourth-order valence-corrected chi connectivity index (χ4v) is 1.43. The highest BCUT2D eigenvalue weighted by Crippen LogP contribution is 2.07. The molecule has 0 aliphatic rings. The number of nitrogens with two attached hydrogens (primary N) is 1. The van der Waals surface area contributed by atoms with E-state index in [-0.39, 0.29) is 18.0 Å². The van der Waals surface area contributed by atoms with Crippen LogP contribution in [0.5, 0.6) is 0 Å². The number of aromatic nitrogens is 3. The lowest BCUT2D eigenvalue weighted by Gasteiger charge is -2.14. The summed E-state index contributed by atoms with van der Waals surface area (Å²) in [7, 11) is 1.84. The monoisotopic (exact) mass is 225 g/mol. The van der Waals surface area contributed by atoms with Gasteiger partial charge < -0.3 is 15.6 Å². The summed E-state index contributed by atoms with van der Waals surface area (Å²) in [6, 6.07) is -0.226. The summed E-state index contributed by atoms with van der Waals surface area (Å²) in [5.74, 6) is 0.684. The number of nitrogens with one attached hydrogen (secondary N) is 1. The Morgan fingerprint density at radius 3 is 2.88 bits per heavy atom. The van der Waals surface area contributed by atoms with E-state index in [1.807, 2.05) is 20.9 Å². The molecule has 3 N–H and O–H groups in total. The predicted molar refractivity (Wildman–Crippen MR) is 60.4 cm³/mol. The Labute approximate surface area is 95.2 Å². The lowest BCUT2D eigenvalue weighted by molar-refractivity contribution is -0.122. The second kappa shape index (κ2) is 5.60. The summed E-state index contributed by atoms with van der Waals surface area (Å²) in [5, 5.41) is 10.5. The van der Waals surface area contributed by atoms with Gasteiger partial charge in [-0.1, -0.05) is 6.92 Å². The highest BCUT2D eigenvalue weighted by molar-refractivity contribution is 5.76. The number of hydrogen-bond acceptors (Lipinski definition) is 4. The summed E-state index contributed by atoms with van der Waals surface area (Å²) < 4.78 is 1.78. The summed E-state index contributed by atoms with van der Waals surface area (Å²) in [5.41, 5.74) is 5.70. The molecular weight excluding hydrogens is 206 g/mol. The van der Waals surface area contributed by atoms with Crippen molar-refractivity contribution in [3.63, 3.8) is 0 Å². The van der Waals surface area contributed by atoms with Gasteiger partial charge in [-0.2, -0.15) is 0 Å². The molecule has 0 aliphatic carbocycles. The SMILES string of the molecule is CCC(N)CC(=O)NC(C)c1nncn1C. The average molecular weight is 225 g/mol. The smallest absolute Gasteiger partial charge is 0.222 e. The first-order valence-electron chi connectivity index (χ1n) is 5.43. The van der Waals surface area contributed by atoms with Gasteiger partial charge in [0, 0.05) is 19.5 Å². The Hall–Kier alpha value is -1.43. The molecule has 1 aromatic heterocycles. The molecule has 0 spiro atoms. The van der Waals surface area contributed by atoms with Crippen LogP contribution in [0.15, 0.2) is 6.33 Å². The fraction of sp³-hybridized carbons (Fsp3) is 0.700. The summed E-state index contributed by atoms with van der Waals surface area (Å²) in [6.07, 6.45) is 2.75. The van der Waals surface area contributed by atoms with Crippen molar-refractivity contribution < 1.29 is 4.79 Å². The van der Waals surface area contributed by atoms with Crippen LogP contribution in [0.3, 0.4) is 0 Å². The predicted octanol–water partition coefficient (Wildman–Crippen LogP) is 0.120. The van der Waals surface area contributed by atoms with Gasteiger partial charge in [-0.15, -0.1) is 10.2 Å². The number of aryl methyl sites for hydroxylation is 1. The third-order valence-corrected chi connectivity index (χ3v) is 2.48.